The predicted molar refractivity (Wildman–Crippen MR) is 109 cm³/mol. The molecular formula is C18H12BrNO4S2. The van der Waals surface area contributed by atoms with Crippen molar-refractivity contribution >= 4 is 67.4 Å². The van der Waals surface area contributed by atoms with E-state index in [-0.39, 0.29) is 11.5 Å². The van der Waals surface area contributed by atoms with Gasteiger partial charge in [0, 0.05) is 10.5 Å². The molecule has 26 heavy (non-hydrogen) atoms. The highest BCUT2D eigenvalue weighted by Gasteiger charge is 2.35. The molecule has 1 aliphatic heterocycles. The largest absolute Gasteiger partial charge is 0.507 e. The second-order valence-electron chi connectivity index (χ2n) is 5.48. The van der Waals surface area contributed by atoms with E-state index in [2.05, 4.69) is 15.9 Å². The quantitative estimate of drug-likeness (QED) is 0.524. The lowest BCUT2D eigenvalue weighted by Crippen LogP contribution is -2.27. The highest BCUT2D eigenvalue weighted by Crippen LogP contribution is 2.40. The number of hydrogen-bond donors (Lipinski definition) is 2. The smallest absolute Gasteiger partial charge is 0.339 e. The fraction of sp³-hybridized carbons (Fsp3) is 0.0556. The van der Waals surface area contributed by atoms with Crippen LogP contribution in [0.2, 0.25) is 0 Å². The predicted octanol–water partition coefficient (Wildman–Crippen LogP) is 4.65. The SMILES string of the molecule is CC(=C1SC(=S)N(c2ccc(C(=O)O)c(O)c2)C1=O)c1ccc(Br)cc1. The fourth-order valence-corrected chi connectivity index (χ4v) is 4.10. The Kier molecular flexibility index (Phi) is 5.17. The molecule has 8 heteroatoms. The molecule has 0 aromatic heterocycles. The Labute approximate surface area is 167 Å². The van der Waals surface area contributed by atoms with Crippen LogP contribution < -0.4 is 4.90 Å². The van der Waals surface area contributed by atoms with Crippen LogP contribution in [-0.4, -0.2) is 26.4 Å². The maximum Gasteiger partial charge on any atom is 0.339 e. The molecule has 0 spiro atoms. The molecule has 1 fully saturated rings. The molecule has 1 saturated heterocycles. The van der Waals surface area contributed by atoms with Crippen molar-refractivity contribution in [3.8, 4) is 5.75 Å². The normalized spacial score (nSPS) is 16.2. The van der Waals surface area contributed by atoms with Crippen molar-refractivity contribution in [3.63, 3.8) is 0 Å². The third-order valence-electron chi connectivity index (χ3n) is 3.86. The molecule has 132 valence electrons. The van der Waals surface area contributed by atoms with Crippen LogP contribution in [0, 0.1) is 0 Å². The monoisotopic (exact) mass is 449 g/mol. The second kappa shape index (κ2) is 7.22. The number of benzene rings is 2. The number of anilines is 1. The van der Waals surface area contributed by atoms with Gasteiger partial charge in [0.05, 0.1) is 10.6 Å². The number of aromatic carboxylic acids is 1. The Hall–Kier alpha value is -2.16. The van der Waals surface area contributed by atoms with Crippen LogP contribution in [-0.2, 0) is 4.79 Å². The number of nitrogens with zero attached hydrogens (tertiary/aromatic N) is 1. The first kappa shape index (κ1) is 18.6. The van der Waals surface area contributed by atoms with Crippen LogP contribution in [0.25, 0.3) is 5.57 Å². The van der Waals surface area contributed by atoms with Gasteiger partial charge in [-0.3, -0.25) is 9.69 Å². The minimum absolute atomic E-state index is 0.235. The minimum Gasteiger partial charge on any atom is -0.507 e. The number of allylic oxidation sites excluding steroid dienone is 1. The lowest BCUT2D eigenvalue weighted by atomic mass is 10.1. The van der Waals surface area contributed by atoms with E-state index in [0.717, 1.165) is 15.6 Å². The van der Waals surface area contributed by atoms with Gasteiger partial charge in [-0.25, -0.2) is 4.79 Å². The molecule has 0 bridgehead atoms. The van der Waals surface area contributed by atoms with Gasteiger partial charge in [-0.15, -0.1) is 0 Å². The van der Waals surface area contributed by atoms with Gasteiger partial charge in [-0.2, -0.15) is 0 Å². The van der Waals surface area contributed by atoms with Crippen LogP contribution in [0.4, 0.5) is 5.69 Å². The summed E-state index contributed by atoms with van der Waals surface area (Å²) in [5, 5.41) is 18.9. The molecule has 2 N–H and O–H groups in total. The minimum atomic E-state index is -1.24. The first-order valence-electron chi connectivity index (χ1n) is 7.39. The lowest BCUT2D eigenvalue weighted by Gasteiger charge is -2.15. The number of carbonyl (C=O) groups is 2. The van der Waals surface area contributed by atoms with Gasteiger partial charge >= 0.3 is 5.97 Å². The summed E-state index contributed by atoms with van der Waals surface area (Å²) in [6.45, 7) is 1.85. The van der Waals surface area contributed by atoms with E-state index in [1.54, 1.807) is 0 Å². The maximum absolute atomic E-state index is 12.9. The van der Waals surface area contributed by atoms with Crippen LogP contribution in [0.1, 0.15) is 22.8 Å². The van der Waals surface area contributed by atoms with Crippen molar-refractivity contribution in [1.82, 2.24) is 0 Å². The molecular weight excluding hydrogens is 438 g/mol. The average Bonchev–Trinajstić information content (AvgIpc) is 2.89. The number of aromatic hydroxyl groups is 1. The molecule has 1 amide bonds. The number of carbonyl (C=O) groups excluding carboxylic acids is 1. The van der Waals surface area contributed by atoms with E-state index >= 15 is 0 Å². The van der Waals surface area contributed by atoms with E-state index < -0.39 is 11.7 Å². The summed E-state index contributed by atoms with van der Waals surface area (Å²) in [5.41, 5.74) is 1.79. The van der Waals surface area contributed by atoms with Gasteiger partial charge in [0.1, 0.15) is 11.3 Å². The molecule has 2 aromatic carbocycles. The number of thioether (sulfide) groups is 1. The first-order valence-corrected chi connectivity index (χ1v) is 9.40. The third kappa shape index (κ3) is 3.40. The highest BCUT2D eigenvalue weighted by molar-refractivity contribution is 9.10. The molecule has 0 aliphatic carbocycles. The van der Waals surface area contributed by atoms with Crippen LogP contribution in [0.15, 0.2) is 51.8 Å². The maximum atomic E-state index is 12.9. The van der Waals surface area contributed by atoms with Gasteiger partial charge in [0.15, 0.2) is 4.32 Å². The molecule has 2 aromatic rings. The van der Waals surface area contributed by atoms with E-state index in [0.29, 0.717) is 14.9 Å². The second-order valence-corrected chi connectivity index (χ2v) is 8.04. The number of thiocarbonyl (C=S) groups is 1. The van der Waals surface area contributed by atoms with E-state index in [9.17, 15) is 14.7 Å². The molecule has 5 nitrogen and oxygen atoms in total. The van der Waals surface area contributed by atoms with Gasteiger partial charge in [0.2, 0.25) is 0 Å². The Morgan fingerprint density at radius 1 is 1.19 bits per heavy atom. The molecule has 1 aliphatic rings. The lowest BCUT2D eigenvalue weighted by molar-refractivity contribution is -0.113. The van der Waals surface area contributed by atoms with E-state index in [1.165, 1.54) is 34.9 Å². The number of amides is 1. The zero-order chi connectivity index (χ0) is 19.0. The van der Waals surface area contributed by atoms with Crippen LogP contribution >= 0.6 is 39.9 Å². The number of carboxylic acid groups (broad SMARTS) is 1. The van der Waals surface area contributed by atoms with Crippen molar-refractivity contribution < 1.29 is 19.8 Å². The van der Waals surface area contributed by atoms with E-state index in [1.807, 2.05) is 31.2 Å². The van der Waals surface area contributed by atoms with Gasteiger partial charge in [0.25, 0.3) is 5.91 Å². The number of hydrogen-bond acceptors (Lipinski definition) is 5. The molecule has 0 atom stereocenters. The Morgan fingerprint density at radius 2 is 1.85 bits per heavy atom. The average molecular weight is 450 g/mol. The Bertz CT molecular complexity index is 970. The summed E-state index contributed by atoms with van der Waals surface area (Å²) >= 11 is 9.88. The molecule has 1 heterocycles. The fourth-order valence-electron chi connectivity index (χ4n) is 2.49. The number of halogens is 1. The van der Waals surface area contributed by atoms with Crippen LogP contribution in [0.3, 0.4) is 0 Å². The molecule has 0 unspecified atom stereocenters. The summed E-state index contributed by atoms with van der Waals surface area (Å²) in [4.78, 5) is 25.7. The van der Waals surface area contributed by atoms with Gasteiger partial charge in [-0.1, -0.05) is 52.0 Å². The molecule has 0 saturated carbocycles. The van der Waals surface area contributed by atoms with Crippen molar-refractivity contribution in [2.45, 2.75) is 6.92 Å². The summed E-state index contributed by atoms with van der Waals surface area (Å²) in [5.74, 6) is -1.97. The zero-order valence-electron chi connectivity index (χ0n) is 13.4. The van der Waals surface area contributed by atoms with Crippen molar-refractivity contribution in [1.29, 1.82) is 0 Å². The van der Waals surface area contributed by atoms with Crippen LogP contribution in [0.5, 0.6) is 5.75 Å². The summed E-state index contributed by atoms with van der Waals surface area (Å²) in [6, 6.07) is 11.5. The van der Waals surface area contributed by atoms with E-state index in [4.69, 9.17) is 17.3 Å². The topological polar surface area (TPSA) is 77.8 Å². The summed E-state index contributed by atoms with van der Waals surface area (Å²) in [6.07, 6.45) is 0. The molecule has 3 rings (SSSR count). The van der Waals surface area contributed by atoms with Gasteiger partial charge < -0.3 is 10.2 Å². The third-order valence-corrected chi connectivity index (χ3v) is 5.86. The molecule has 0 radical (unpaired) electrons. The summed E-state index contributed by atoms with van der Waals surface area (Å²) in [7, 11) is 0. The van der Waals surface area contributed by atoms with Crippen molar-refractivity contribution in [2.24, 2.45) is 0 Å². The summed E-state index contributed by atoms with van der Waals surface area (Å²) < 4.78 is 1.26. The van der Waals surface area contributed by atoms with Crippen molar-refractivity contribution in [2.75, 3.05) is 4.90 Å². The Morgan fingerprint density at radius 3 is 2.42 bits per heavy atom. The van der Waals surface area contributed by atoms with Crippen molar-refractivity contribution in [3.05, 3.63) is 63.0 Å². The standard InChI is InChI=1S/C18H12BrNO4S2/c1-9(10-2-4-11(19)5-3-10)15-16(22)20(18(25)26-15)12-6-7-13(17(23)24)14(21)8-12/h2-8,21H,1H3,(H,23,24). The zero-order valence-corrected chi connectivity index (χ0v) is 16.6. The number of carboxylic acids is 1. The number of rotatable bonds is 3. The Balaban J connectivity index is 1.99. The number of phenols is 1. The first-order chi connectivity index (χ1) is 12.3. The van der Waals surface area contributed by atoms with Gasteiger partial charge in [-0.05, 0) is 42.3 Å². The highest BCUT2D eigenvalue weighted by atomic mass is 79.9.